The van der Waals surface area contributed by atoms with Gasteiger partial charge in [-0.3, -0.25) is 0 Å². The normalized spacial score (nSPS) is 22.0. The van der Waals surface area contributed by atoms with Gasteiger partial charge in [0, 0.05) is 36.4 Å². The van der Waals surface area contributed by atoms with Crippen molar-refractivity contribution in [2.75, 3.05) is 7.05 Å². The molecule has 0 radical (unpaired) electrons. The van der Waals surface area contributed by atoms with E-state index in [0.717, 1.165) is 16.4 Å². The highest BCUT2D eigenvalue weighted by Crippen LogP contribution is 2.47. The highest BCUT2D eigenvalue weighted by molar-refractivity contribution is 7.89. The van der Waals surface area contributed by atoms with Crippen LogP contribution in [0.5, 0.6) is 11.5 Å². The van der Waals surface area contributed by atoms with Crippen molar-refractivity contribution in [3.05, 3.63) is 53.1 Å². The molecular weight excluding hydrogens is 352 g/mol. The lowest BCUT2D eigenvalue weighted by atomic mass is 9.98. The molecule has 0 amide bonds. The Morgan fingerprint density at radius 2 is 1.80 bits per heavy atom. The molecule has 1 unspecified atom stereocenters. The number of hydrogen-bond donors (Lipinski definition) is 1. The first kappa shape index (κ1) is 17.8. The van der Waals surface area contributed by atoms with Crippen LogP contribution in [-0.4, -0.2) is 24.9 Å². The first-order valence-electron chi connectivity index (χ1n) is 7.60. The van der Waals surface area contributed by atoms with E-state index < -0.39 is 27.4 Å². The Morgan fingerprint density at radius 3 is 2.36 bits per heavy atom. The molecule has 1 atom stereocenters. The number of halogens is 2. The van der Waals surface area contributed by atoms with Gasteiger partial charge in [0.1, 0.15) is 23.1 Å². The Kier molecular flexibility index (Phi) is 4.09. The number of hydrogen-bond acceptors (Lipinski definition) is 4. The van der Waals surface area contributed by atoms with Crippen LogP contribution >= 0.6 is 0 Å². The lowest BCUT2D eigenvalue weighted by molar-refractivity contribution is -0.0538. The molecular formula is C17H17F2NO4S. The summed E-state index contributed by atoms with van der Waals surface area (Å²) in [6, 6.07) is 5.64. The molecule has 8 heteroatoms. The predicted octanol–water partition coefficient (Wildman–Crippen LogP) is 3.25. The number of ether oxygens (including phenoxy) is 1. The van der Waals surface area contributed by atoms with Gasteiger partial charge in [0.2, 0.25) is 10.0 Å². The van der Waals surface area contributed by atoms with E-state index in [1.165, 1.54) is 26.1 Å². The Labute approximate surface area is 144 Å². The van der Waals surface area contributed by atoms with Crippen LogP contribution in [0.1, 0.15) is 24.5 Å². The van der Waals surface area contributed by atoms with Crippen LogP contribution in [-0.2, 0) is 15.7 Å². The Balaban J connectivity index is 2.14. The van der Waals surface area contributed by atoms with Crippen LogP contribution in [0.15, 0.2) is 35.2 Å². The molecule has 1 aliphatic heterocycles. The highest BCUT2D eigenvalue weighted by atomic mass is 32.2. The number of nitrogens with zero attached hydrogens (tertiary/aromatic N) is 1. The van der Waals surface area contributed by atoms with Gasteiger partial charge in [-0.15, -0.1) is 0 Å². The highest BCUT2D eigenvalue weighted by Gasteiger charge is 2.51. The topological polar surface area (TPSA) is 66.8 Å². The van der Waals surface area contributed by atoms with Crippen LogP contribution in [0.4, 0.5) is 8.78 Å². The van der Waals surface area contributed by atoms with E-state index in [2.05, 4.69) is 0 Å². The molecule has 25 heavy (non-hydrogen) atoms. The first-order chi connectivity index (χ1) is 11.6. The fourth-order valence-electron chi connectivity index (χ4n) is 3.06. The zero-order valence-corrected chi connectivity index (χ0v) is 14.7. The molecule has 2 aromatic rings. The summed E-state index contributed by atoms with van der Waals surface area (Å²) >= 11 is 0. The molecule has 134 valence electrons. The third-order valence-corrected chi connectivity index (χ3v) is 6.55. The molecule has 5 nitrogen and oxygen atoms in total. The van der Waals surface area contributed by atoms with Gasteiger partial charge in [-0.05, 0) is 25.5 Å². The molecule has 3 rings (SSSR count). The minimum atomic E-state index is -3.91. The molecule has 1 N–H and O–H groups in total. The van der Waals surface area contributed by atoms with Crippen molar-refractivity contribution in [1.29, 1.82) is 0 Å². The van der Waals surface area contributed by atoms with Gasteiger partial charge in [0.05, 0.1) is 4.90 Å². The van der Waals surface area contributed by atoms with E-state index in [-0.39, 0.29) is 33.9 Å². The second kappa shape index (κ2) is 5.76. The summed E-state index contributed by atoms with van der Waals surface area (Å²) in [5, 5.41) is 10.7. The van der Waals surface area contributed by atoms with Gasteiger partial charge in [-0.2, -0.15) is 4.31 Å². The number of benzene rings is 2. The van der Waals surface area contributed by atoms with E-state index in [1.54, 1.807) is 6.92 Å². The van der Waals surface area contributed by atoms with Crippen molar-refractivity contribution in [2.24, 2.45) is 0 Å². The third kappa shape index (κ3) is 2.61. The van der Waals surface area contributed by atoms with Crippen molar-refractivity contribution in [3.8, 4) is 11.5 Å². The van der Waals surface area contributed by atoms with Crippen LogP contribution in [0.25, 0.3) is 0 Å². The molecule has 0 bridgehead atoms. The summed E-state index contributed by atoms with van der Waals surface area (Å²) in [4.78, 5) is -0.0475. The Bertz CT molecular complexity index is 941. The molecule has 0 fully saturated rings. The van der Waals surface area contributed by atoms with Crippen molar-refractivity contribution in [1.82, 2.24) is 4.31 Å². The summed E-state index contributed by atoms with van der Waals surface area (Å²) in [5.41, 5.74) is -1.12. The van der Waals surface area contributed by atoms with Gasteiger partial charge in [0.15, 0.2) is 5.72 Å². The smallest absolute Gasteiger partial charge is 0.246 e. The second-order valence-corrected chi connectivity index (χ2v) is 7.82. The van der Waals surface area contributed by atoms with Crippen molar-refractivity contribution in [2.45, 2.75) is 30.9 Å². The monoisotopic (exact) mass is 369 g/mol. The van der Waals surface area contributed by atoms with Crippen molar-refractivity contribution >= 4 is 10.0 Å². The van der Waals surface area contributed by atoms with Gasteiger partial charge >= 0.3 is 0 Å². The van der Waals surface area contributed by atoms with Crippen LogP contribution in [0.2, 0.25) is 0 Å². The summed E-state index contributed by atoms with van der Waals surface area (Å²) < 4.78 is 58.4. The Morgan fingerprint density at radius 1 is 1.20 bits per heavy atom. The summed E-state index contributed by atoms with van der Waals surface area (Å²) in [5.74, 6) is -1.56. The van der Waals surface area contributed by atoms with E-state index in [9.17, 15) is 22.3 Å². The van der Waals surface area contributed by atoms with Crippen molar-refractivity contribution in [3.63, 3.8) is 0 Å². The summed E-state index contributed by atoms with van der Waals surface area (Å²) in [6.45, 7) is 3.20. The zero-order valence-electron chi connectivity index (χ0n) is 13.9. The third-order valence-electron chi connectivity index (χ3n) is 4.48. The maximum absolute atomic E-state index is 13.3. The average molecular weight is 369 g/mol. The molecule has 0 aromatic heterocycles. The fourth-order valence-corrected chi connectivity index (χ4v) is 4.96. The number of aliphatic hydroxyl groups is 1. The second-order valence-electron chi connectivity index (χ2n) is 5.92. The van der Waals surface area contributed by atoms with Crippen LogP contribution in [0, 0.1) is 18.6 Å². The first-order valence-corrected chi connectivity index (χ1v) is 9.04. The van der Waals surface area contributed by atoms with Crippen LogP contribution < -0.4 is 4.74 Å². The fraction of sp³-hybridized carbons (Fsp3) is 0.294. The van der Waals surface area contributed by atoms with E-state index in [1.807, 2.05) is 0 Å². The van der Waals surface area contributed by atoms with E-state index in [4.69, 9.17) is 4.74 Å². The standard InChI is InChI=1S/C17H17F2NO4S/c1-4-17(21)14-5-6-15(10(2)16(14)25(22,23)20(17)3)24-13-8-11(18)7-12(19)9-13/h5-9,21H,4H2,1-3H3. The predicted molar refractivity (Wildman–Crippen MR) is 86.7 cm³/mol. The quantitative estimate of drug-likeness (QED) is 0.902. The molecule has 1 heterocycles. The molecule has 0 aliphatic carbocycles. The van der Waals surface area contributed by atoms with Gasteiger partial charge in [0.25, 0.3) is 0 Å². The minimum Gasteiger partial charge on any atom is -0.457 e. The molecule has 0 spiro atoms. The maximum Gasteiger partial charge on any atom is 0.246 e. The molecule has 0 saturated heterocycles. The molecule has 1 aliphatic rings. The molecule has 0 saturated carbocycles. The number of sulfonamides is 1. The Hall–Kier alpha value is -2.03. The van der Waals surface area contributed by atoms with Gasteiger partial charge < -0.3 is 9.84 Å². The average Bonchev–Trinajstić information content (AvgIpc) is 2.68. The van der Waals surface area contributed by atoms with E-state index >= 15 is 0 Å². The number of fused-ring (bicyclic) bond motifs is 1. The van der Waals surface area contributed by atoms with E-state index in [0.29, 0.717) is 6.07 Å². The van der Waals surface area contributed by atoms with Crippen molar-refractivity contribution < 1.29 is 27.0 Å². The summed E-state index contributed by atoms with van der Waals surface area (Å²) in [6.07, 6.45) is 0.171. The largest absolute Gasteiger partial charge is 0.457 e. The lowest BCUT2D eigenvalue weighted by Gasteiger charge is -2.28. The molecule has 2 aromatic carbocycles. The SMILES string of the molecule is CCC1(O)c2ccc(Oc3cc(F)cc(F)c3)c(C)c2S(=O)(=O)N1C. The number of rotatable bonds is 3. The van der Waals surface area contributed by atoms with Gasteiger partial charge in [-0.1, -0.05) is 6.92 Å². The summed E-state index contributed by atoms with van der Waals surface area (Å²) in [7, 11) is -2.60. The van der Waals surface area contributed by atoms with Crippen LogP contribution in [0.3, 0.4) is 0 Å². The maximum atomic E-state index is 13.3. The lowest BCUT2D eigenvalue weighted by Crippen LogP contribution is -2.40. The minimum absolute atomic E-state index is 0.0475. The zero-order chi connectivity index (χ0) is 18.6. The van der Waals surface area contributed by atoms with Gasteiger partial charge in [-0.25, -0.2) is 17.2 Å².